The number of hydrogen-bond acceptors (Lipinski definition) is 3. The highest BCUT2D eigenvalue weighted by Gasteiger charge is 2.13. The van der Waals surface area contributed by atoms with E-state index in [1.165, 1.54) is 11.3 Å². The Morgan fingerprint density at radius 2 is 1.76 bits per heavy atom. The van der Waals surface area contributed by atoms with Crippen molar-refractivity contribution in [3.8, 4) is 0 Å². The lowest BCUT2D eigenvalue weighted by atomic mass is 10.1. The number of allylic oxidation sites excluding steroid dienone is 3. The second kappa shape index (κ2) is 15.4. The molecule has 1 amide bonds. The Morgan fingerprint density at radius 3 is 2.16 bits per heavy atom. The van der Waals surface area contributed by atoms with Crippen LogP contribution in [-0.2, 0) is 4.79 Å². The molecule has 7 heteroatoms. The van der Waals surface area contributed by atoms with Crippen LogP contribution in [0.3, 0.4) is 0 Å². The molecule has 0 spiro atoms. The lowest BCUT2D eigenvalue weighted by Crippen LogP contribution is -2.27. The van der Waals surface area contributed by atoms with E-state index in [-0.39, 0.29) is 17.4 Å². The molecular weight excluding hydrogens is 401 g/mol. The van der Waals surface area contributed by atoms with Crippen LogP contribution in [0.5, 0.6) is 0 Å². The van der Waals surface area contributed by atoms with Crippen molar-refractivity contribution < 1.29 is 9.59 Å². The minimum absolute atomic E-state index is 0.101. The number of carbonyl (C=O) groups excluding carboxylic acids is 2. The van der Waals surface area contributed by atoms with E-state index < -0.39 is 5.24 Å². The van der Waals surface area contributed by atoms with Gasteiger partial charge in [-0.1, -0.05) is 70.0 Å². The molecule has 1 unspecified atom stereocenters. The standard InChI is InChI=1S/C14H14Cl3NO2S.2C2H6/c1-3-10(15)9(13(17)19)6-8(2)7-18-14(20)11-4-5-12(16)21-11;2*1-2/h3-6,8H,7H2,1-2H3,(H,18,20);2*1-2H3/b9-6+,10-3+;;. The quantitative estimate of drug-likeness (QED) is 0.314. The molecule has 142 valence electrons. The first kappa shape index (κ1) is 26.4. The summed E-state index contributed by atoms with van der Waals surface area (Å²) in [4.78, 5) is 23.7. The summed E-state index contributed by atoms with van der Waals surface area (Å²) in [6, 6.07) is 3.33. The Kier molecular flexibility index (Phi) is 16.3. The number of rotatable bonds is 6. The highest BCUT2D eigenvalue weighted by molar-refractivity contribution is 7.18. The van der Waals surface area contributed by atoms with Crippen molar-refractivity contribution >= 4 is 57.3 Å². The van der Waals surface area contributed by atoms with Gasteiger partial charge in [0.2, 0.25) is 0 Å². The zero-order chi connectivity index (χ0) is 20.0. The van der Waals surface area contributed by atoms with Gasteiger partial charge >= 0.3 is 0 Å². The second-order valence-corrected chi connectivity index (χ2v) is 6.75. The molecule has 1 atom stereocenters. The van der Waals surface area contributed by atoms with E-state index in [1.807, 2.05) is 34.6 Å². The molecule has 1 aromatic heterocycles. The zero-order valence-corrected chi connectivity index (χ0v) is 18.5. The van der Waals surface area contributed by atoms with Crippen molar-refractivity contribution in [3.63, 3.8) is 0 Å². The van der Waals surface area contributed by atoms with Crippen LogP contribution in [0.1, 0.15) is 51.2 Å². The lowest BCUT2D eigenvalue weighted by molar-refractivity contribution is -0.108. The van der Waals surface area contributed by atoms with Gasteiger partial charge < -0.3 is 5.32 Å². The Labute approximate surface area is 170 Å². The predicted molar refractivity (Wildman–Crippen MR) is 112 cm³/mol. The zero-order valence-electron chi connectivity index (χ0n) is 15.5. The van der Waals surface area contributed by atoms with Gasteiger partial charge in [0.15, 0.2) is 0 Å². The SMILES string of the molecule is C/C=C(Cl)\C(=C/C(C)CNC(=O)c1ccc(Cl)s1)C(=O)Cl.CC.CC. The van der Waals surface area contributed by atoms with Crippen LogP contribution in [0.4, 0.5) is 0 Å². The molecule has 0 aromatic carbocycles. The fraction of sp³-hybridized carbons (Fsp3) is 0.444. The third-order valence-corrected chi connectivity index (χ3v) is 4.41. The molecule has 3 nitrogen and oxygen atoms in total. The third-order valence-electron chi connectivity index (χ3n) is 2.56. The van der Waals surface area contributed by atoms with Crippen molar-refractivity contribution in [3.05, 3.63) is 44.1 Å². The first-order chi connectivity index (χ1) is 11.8. The summed E-state index contributed by atoms with van der Waals surface area (Å²) >= 11 is 18.4. The number of hydrogen-bond donors (Lipinski definition) is 1. The van der Waals surface area contributed by atoms with Gasteiger partial charge in [-0.25, -0.2) is 0 Å². The first-order valence-corrected chi connectivity index (χ1v) is 10.1. The first-order valence-electron chi connectivity index (χ1n) is 8.12. The Balaban J connectivity index is 0. The van der Waals surface area contributed by atoms with E-state index in [0.29, 0.717) is 20.8 Å². The maximum absolute atomic E-state index is 11.9. The van der Waals surface area contributed by atoms with E-state index in [0.717, 1.165) is 0 Å². The lowest BCUT2D eigenvalue weighted by Gasteiger charge is -2.10. The largest absolute Gasteiger partial charge is 0.351 e. The van der Waals surface area contributed by atoms with E-state index >= 15 is 0 Å². The average Bonchev–Trinajstić information content (AvgIpc) is 3.06. The van der Waals surface area contributed by atoms with Crippen molar-refractivity contribution in [2.75, 3.05) is 6.54 Å². The van der Waals surface area contributed by atoms with Crippen LogP contribution < -0.4 is 5.32 Å². The normalized spacial score (nSPS) is 12.2. The van der Waals surface area contributed by atoms with Gasteiger partial charge in [0, 0.05) is 17.2 Å². The number of halogens is 3. The smallest absolute Gasteiger partial charge is 0.261 e. The molecule has 0 radical (unpaired) electrons. The summed E-state index contributed by atoms with van der Waals surface area (Å²) in [5.74, 6) is -0.307. The minimum Gasteiger partial charge on any atom is -0.351 e. The molecule has 1 rings (SSSR count). The van der Waals surface area contributed by atoms with Crippen molar-refractivity contribution in [1.29, 1.82) is 0 Å². The fourth-order valence-electron chi connectivity index (χ4n) is 1.52. The molecule has 0 fully saturated rings. The van der Waals surface area contributed by atoms with E-state index in [4.69, 9.17) is 34.8 Å². The predicted octanol–water partition coefficient (Wildman–Crippen LogP) is 6.65. The van der Waals surface area contributed by atoms with Crippen LogP contribution in [-0.4, -0.2) is 17.7 Å². The van der Waals surface area contributed by atoms with Gasteiger partial charge in [0.25, 0.3) is 11.1 Å². The van der Waals surface area contributed by atoms with Crippen molar-refractivity contribution in [1.82, 2.24) is 5.32 Å². The third kappa shape index (κ3) is 10.7. The Bertz CT molecular complexity index is 595. The summed E-state index contributed by atoms with van der Waals surface area (Å²) < 4.78 is 0.558. The Morgan fingerprint density at radius 1 is 1.20 bits per heavy atom. The van der Waals surface area contributed by atoms with E-state index in [2.05, 4.69) is 5.32 Å². The van der Waals surface area contributed by atoms with E-state index in [9.17, 15) is 9.59 Å². The van der Waals surface area contributed by atoms with E-state index in [1.54, 1.807) is 31.2 Å². The molecule has 1 heterocycles. The topological polar surface area (TPSA) is 46.2 Å². The van der Waals surface area contributed by atoms with Gasteiger partial charge in [0.05, 0.1) is 9.21 Å². The number of nitrogens with one attached hydrogen (secondary N) is 1. The number of amides is 1. The fourth-order valence-corrected chi connectivity index (χ4v) is 2.84. The van der Waals surface area contributed by atoms with Gasteiger partial charge in [-0.05, 0) is 36.6 Å². The average molecular weight is 427 g/mol. The summed E-state index contributed by atoms with van der Waals surface area (Å²) in [7, 11) is 0. The molecule has 0 bridgehead atoms. The van der Waals surface area contributed by atoms with Crippen LogP contribution in [0.2, 0.25) is 4.34 Å². The maximum Gasteiger partial charge on any atom is 0.261 e. The highest BCUT2D eigenvalue weighted by atomic mass is 35.5. The number of thiophene rings is 1. The second-order valence-electron chi connectivity index (χ2n) is 4.28. The molecule has 0 saturated carbocycles. The molecule has 25 heavy (non-hydrogen) atoms. The van der Waals surface area contributed by atoms with Crippen LogP contribution in [0.25, 0.3) is 0 Å². The van der Waals surface area contributed by atoms with Crippen LogP contribution in [0.15, 0.2) is 34.9 Å². The highest BCUT2D eigenvalue weighted by Crippen LogP contribution is 2.22. The molecule has 1 aromatic rings. The van der Waals surface area contributed by atoms with Crippen molar-refractivity contribution in [2.45, 2.75) is 41.5 Å². The molecule has 0 aliphatic carbocycles. The van der Waals surface area contributed by atoms with Gasteiger partial charge in [-0.2, -0.15) is 0 Å². The van der Waals surface area contributed by atoms with Crippen molar-refractivity contribution in [2.24, 2.45) is 5.92 Å². The summed E-state index contributed by atoms with van der Waals surface area (Å²) in [6.45, 7) is 11.9. The number of carbonyl (C=O) groups is 2. The van der Waals surface area contributed by atoms with Crippen LogP contribution >= 0.6 is 46.1 Å². The summed E-state index contributed by atoms with van der Waals surface area (Å²) in [6.07, 6.45) is 3.23. The molecule has 0 saturated heterocycles. The summed E-state index contributed by atoms with van der Waals surface area (Å²) in [5.41, 5.74) is 0.238. The monoisotopic (exact) mass is 425 g/mol. The molecule has 1 N–H and O–H groups in total. The minimum atomic E-state index is -0.624. The van der Waals surface area contributed by atoms with Gasteiger partial charge in [-0.15, -0.1) is 11.3 Å². The maximum atomic E-state index is 11.9. The van der Waals surface area contributed by atoms with Gasteiger partial charge in [-0.3, -0.25) is 9.59 Å². The Hall–Kier alpha value is -0.810. The summed E-state index contributed by atoms with van der Waals surface area (Å²) in [5, 5.41) is 2.43. The van der Waals surface area contributed by atoms with Crippen LogP contribution in [0, 0.1) is 5.92 Å². The van der Waals surface area contributed by atoms with Gasteiger partial charge in [0.1, 0.15) is 0 Å². The molecule has 0 aliphatic rings. The molecular formula is C18H26Cl3NO2S. The molecule has 0 aliphatic heterocycles.